The summed E-state index contributed by atoms with van der Waals surface area (Å²) in [5.74, 6) is 0.218. The lowest BCUT2D eigenvalue weighted by molar-refractivity contribution is -0.121. The molecule has 3 heteroatoms. The summed E-state index contributed by atoms with van der Waals surface area (Å²) in [7, 11) is 0. The van der Waals surface area contributed by atoms with Gasteiger partial charge in [-0.15, -0.1) is 0 Å². The lowest BCUT2D eigenvalue weighted by atomic mass is 10.0. The van der Waals surface area contributed by atoms with Gasteiger partial charge in [0.05, 0.1) is 0 Å². The molecule has 0 radical (unpaired) electrons. The van der Waals surface area contributed by atoms with Crippen LogP contribution in [0.15, 0.2) is 0 Å². The number of carbonyl (C=O) groups excluding carboxylic acids is 1. The van der Waals surface area contributed by atoms with E-state index in [4.69, 9.17) is 0 Å². The van der Waals surface area contributed by atoms with Crippen LogP contribution in [0.1, 0.15) is 51.9 Å². The van der Waals surface area contributed by atoms with Crippen molar-refractivity contribution in [2.75, 3.05) is 13.1 Å². The van der Waals surface area contributed by atoms with Crippen LogP contribution in [-0.2, 0) is 4.79 Å². The normalized spacial score (nSPS) is 21.3. The third-order valence-corrected chi connectivity index (χ3v) is 2.98. The van der Waals surface area contributed by atoms with Crippen LogP contribution in [0.5, 0.6) is 0 Å². The second-order valence-corrected chi connectivity index (χ2v) is 4.39. The average molecular weight is 212 g/mol. The van der Waals surface area contributed by atoms with Gasteiger partial charge in [0.15, 0.2) is 0 Å². The Morgan fingerprint density at radius 1 is 1.47 bits per heavy atom. The topological polar surface area (TPSA) is 41.1 Å². The fraction of sp³-hybridized carbons (Fsp3) is 0.917. The van der Waals surface area contributed by atoms with Crippen LogP contribution >= 0.6 is 0 Å². The van der Waals surface area contributed by atoms with Crippen molar-refractivity contribution in [3.8, 4) is 0 Å². The minimum atomic E-state index is 0.218. The Hall–Kier alpha value is -0.570. The van der Waals surface area contributed by atoms with Gasteiger partial charge in [-0.2, -0.15) is 0 Å². The summed E-state index contributed by atoms with van der Waals surface area (Å²) in [6.45, 7) is 4.10. The molecule has 0 bridgehead atoms. The van der Waals surface area contributed by atoms with E-state index in [1.165, 1.54) is 19.3 Å². The third kappa shape index (κ3) is 5.78. The SMILES string of the molecule is CCCCNC(=O)CCC1CCCCN1. The van der Waals surface area contributed by atoms with Crippen LogP contribution in [-0.4, -0.2) is 25.0 Å². The maximum Gasteiger partial charge on any atom is 0.220 e. The van der Waals surface area contributed by atoms with Crippen molar-refractivity contribution in [2.24, 2.45) is 0 Å². The second-order valence-electron chi connectivity index (χ2n) is 4.39. The molecule has 1 rings (SSSR count). The van der Waals surface area contributed by atoms with Crippen molar-refractivity contribution in [3.05, 3.63) is 0 Å². The molecule has 0 aliphatic carbocycles. The Bertz CT molecular complexity index is 176. The number of unbranched alkanes of at least 4 members (excludes halogenated alkanes) is 1. The molecular weight excluding hydrogens is 188 g/mol. The van der Waals surface area contributed by atoms with Crippen molar-refractivity contribution in [2.45, 2.75) is 57.9 Å². The monoisotopic (exact) mass is 212 g/mol. The van der Waals surface area contributed by atoms with Gasteiger partial charge < -0.3 is 10.6 Å². The van der Waals surface area contributed by atoms with E-state index in [9.17, 15) is 4.79 Å². The summed E-state index contributed by atoms with van der Waals surface area (Å²) in [5, 5.41) is 6.42. The van der Waals surface area contributed by atoms with Gasteiger partial charge in [-0.1, -0.05) is 19.8 Å². The molecule has 2 N–H and O–H groups in total. The molecule has 3 nitrogen and oxygen atoms in total. The zero-order chi connectivity index (χ0) is 10.9. The number of hydrogen-bond acceptors (Lipinski definition) is 2. The highest BCUT2D eigenvalue weighted by molar-refractivity contribution is 5.75. The Balaban J connectivity index is 2.00. The lowest BCUT2D eigenvalue weighted by Crippen LogP contribution is -2.35. The van der Waals surface area contributed by atoms with Crippen LogP contribution in [0.2, 0.25) is 0 Å². The van der Waals surface area contributed by atoms with Gasteiger partial charge in [-0.05, 0) is 32.2 Å². The highest BCUT2D eigenvalue weighted by Crippen LogP contribution is 2.11. The second kappa shape index (κ2) is 7.69. The number of carbonyl (C=O) groups is 1. The minimum absolute atomic E-state index is 0.218. The zero-order valence-electron chi connectivity index (χ0n) is 9.85. The number of rotatable bonds is 6. The smallest absolute Gasteiger partial charge is 0.220 e. The largest absolute Gasteiger partial charge is 0.356 e. The minimum Gasteiger partial charge on any atom is -0.356 e. The molecule has 1 unspecified atom stereocenters. The standard InChI is InChI=1S/C12H24N2O/c1-2-3-9-14-12(15)8-7-11-6-4-5-10-13-11/h11,13H,2-10H2,1H3,(H,14,15). The maximum absolute atomic E-state index is 11.4. The van der Waals surface area contributed by atoms with Gasteiger partial charge in [0.1, 0.15) is 0 Å². The van der Waals surface area contributed by atoms with E-state index in [1.807, 2.05) is 0 Å². The first kappa shape index (κ1) is 12.5. The highest BCUT2D eigenvalue weighted by Gasteiger charge is 2.13. The Kier molecular flexibility index (Phi) is 6.41. The first-order valence-corrected chi connectivity index (χ1v) is 6.33. The van der Waals surface area contributed by atoms with Crippen molar-refractivity contribution in [3.63, 3.8) is 0 Å². The molecule has 1 saturated heterocycles. The Morgan fingerprint density at radius 2 is 2.33 bits per heavy atom. The Morgan fingerprint density at radius 3 is 3.00 bits per heavy atom. The Labute approximate surface area is 93.0 Å². The first-order chi connectivity index (χ1) is 7.33. The summed E-state index contributed by atoms with van der Waals surface area (Å²) >= 11 is 0. The van der Waals surface area contributed by atoms with E-state index in [0.717, 1.165) is 32.4 Å². The number of amides is 1. The maximum atomic E-state index is 11.4. The van der Waals surface area contributed by atoms with E-state index in [0.29, 0.717) is 12.5 Å². The molecule has 88 valence electrons. The molecule has 1 fully saturated rings. The van der Waals surface area contributed by atoms with Crippen LogP contribution in [0.4, 0.5) is 0 Å². The van der Waals surface area contributed by atoms with Gasteiger partial charge in [-0.25, -0.2) is 0 Å². The van der Waals surface area contributed by atoms with E-state index >= 15 is 0 Å². The molecule has 1 amide bonds. The zero-order valence-corrected chi connectivity index (χ0v) is 9.85. The predicted molar refractivity (Wildman–Crippen MR) is 62.8 cm³/mol. The van der Waals surface area contributed by atoms with Crippen LogP contribution in [0.3, 0.4) is 0 Å². The van der Waals surface area contributed by atoms with Crippen LogP contribution in [0.25, 0.3) is 0 Å². The van der Waals surface area contributed by atoms with Crippen LogP contribution < -0.4 is 10.6 Å². The highest BCUT2D eigenvalue weighted by atomic mass is 16.1. The third-order valence-electron chi connectivity index (χ3n) is 2.98. The number of hydrogen-bond donors (Lipinski definition) is 2. The molecule has 0 aromatic rings. The molecule has 15 heavy (non-hydrogen) atoms. The van der Waals surface area contributed by atoms with E-state index in [2.05, 4.69) is 17.6 Å². The molecule has 0 saturated carbocycles. The summed E-state index contributed by atoms with van der Waals surface area (Å²) < 4.78 is 0. The van der Waals surface area contributed by atoms with E-state index < -0.39 is 0 Å². The molecule has 1 heterocycles. The van der Waals surface area contributed by atoms with E-state index in [-0.39, 0.29) is 5.91 Å². The summed E-state index contributed by atoms with van der Waals surface area (Å²) in [6.07, 6.45) is 7.76. The van der Waals surface area contributed by atoms with E-state index in [1.54, 1.807) is 0 Å². The summed E-state index contributed by atoms with van der Waals surface area (Å²) in [5.41, 5.74) is 0. The molecule has 0 aromatic carbocycles. The first-order valence-electron chi connectivity index (χ1n) is 6.33. The molecule has 1 atom stereocenters. The van der Waals surface area contributed by atoms with Gasteiger partial charge in [-0.3, -0.25) is 4.79 Å². The number of piperidine rings is 1. The molecule has 0 aromatic heterocycles. The summed E-state index contributed by atoms with van der Waals surface area (Å²) in [4.78, 5) is 11.4. The van der Waals surface area contributed by atoms with Crippen molar-refractivity contribution >= 4 is 5.91 Å². The predicted octanol–water partition coefficient (Wildman–Crippen LogP) is 1.82. The van der Waals surface area contributed by atoms with Crippen molar-refractivity contribution in [1.82, 2.24) is 10.6 Å². The van der Waals surface area contributed by atoms with Crippen molar-refractivity contribution in [1.29, 1.82) is 0 Å². The van der Waals surface area contributed by atoms with Gasteiger partial charge >= 0.3 is 0 Å². The molecule has 0 spiro atoms. The van der Waals surface area contributed by atoms with Gasteiger partial charge in [0.25, 0.3) is 0 Å². The quantitative estimate of drug-likeness (QED) is 0.659. The number of nitrogens with one attached hydrogen (secondary N) is 2. The fourth-order valence-electron chi connectivity index (χ4n) is 1.97. The fourth-order valence-corrected chi connectivity index (χ4v) is 1.97. The molecule has 1 aliphatic rings. The van der Waals surface area contributed by atoms with Gasteiger partial charge in [0.2, 0.25) is 5.91 Å². The molecule has 1 aliphatic heterocycles. The lowest BCUT2D eigenvalue weighted by Gasteiger charge is -2.23. The van der Waals surface area contributed by atoms with Crippen molar-refractivity contribution < 1.29 is 4.79 Å². The van der Waals surface area contributed by atoms with Crippen LogP contribution in [0, 0.1) is 0 Å². The average Bonchev–Trinajstić information content (AvgIpc) is 2.28. The molecular formula is C12H24N2O. The summed E-state index contributed by atoms with van der Waals surface area (Å²) in [6, 6.07) is 0.579. The van der Waals surface area contributed by atoms with Gasteiger partial charge in [0, 0.05) is 19.0 Å².